The lowest BCUT2D eigenvalue weighted by molar-refractivity contribution is -0.152. The minimum atomic E-state index is -0.103. The summed E-state index contributed by atoms with van der Waals surface area (Å²) in [4.78, 5) is 11.7. The number of carbonyl (C=O) groups excluding carboxylic acids is 1. The maximum atomic E-state index is 11.7. The summed E-state index contributed by atoms with van der Waals surface area (Å²) in [6.45, 7) is 2.17. The predicted octanol–water partition coefficient (Wildman–Crippen LogP) is 1.24. The summed E-state index contributed by atoms with van der Waals surface area (Å²) in [5.41, 5.74) is 0. The van der Waals surface area contributed by atoms with Crippen LogP contribution in [0.5, 0.6) is 0 Å². The van der Waals surface area contributed by atoms with Crippen LogP contribution in [0.25, 0.3) is 0 Å². The Morgan fingerprint density at radius 3 is 2.81 bits per heavy atom. The van der Waals surface area contributed by atoms with Gasteiger partial charge in [-0.1, -0.05) is 6.42 Å². The van der Waals surface area contributed by atoms with Gasteiger partial charge in [-0.2, -0.15) is 0 Å². The van der Waals surface area contributed by atoms with Gasteiger partial charge in [0, 0.05) is 6.61 Å². The average molecular weight is 227 g/mol. The van der Waals surface area contributed by atoms with Crippen LogP contribution in [0, 0.1) is 0 Å². The van der Waals surface area contributed by atoms with E-state index >= 15 is 0 Å². The van der Waals surface area contributed by atoms with Crippen molar-refractivity contribution in [2.45, 2.75) is 50.7 Å². The van der Waals surface area contributed by atoms with Gasteiger partial charge in [0.05, 0.1) is 6.10 Å². The van der Waals surface area contributed by atoms with E-state index in [4.69, 9.17) is 9.47 Å². The fourth-order valence-electron chi connectivity index (χ4n) is 2.27. The molecule has 1 N–H and O–H groups in total. The lowest BCUT2D eigenvalue weighted by atomic mass is 10.1. The lowest BCUT2D eigenvalue weighted by Crippen LogP contribution is -2.42. The van der Waals surface area contributed by atoms with E-state index < -0.39 is 0 Å². The SMILES string of the molecule is O=C(OCC1CCCCO1)C1CCCCN1. The highest BCUT2D eigenvalue weighted by atomic mass is 16.6. The number of nitrogens with one attached hydrogen (secondary N) is 1. The predicted molar refractivity (Wildman–Crippen MR) is 60.2 cm³/mol. The van der Waals surface area contributed by atoms with Gasteiger partial charge in [-0.15, -0.1) is 0 Å². The zero-order valence-corrected chi connectivity index (χ0v) is 9.74. The molecule has 0 aromatic rings. The largest absolute Gasteiger partial charge is 0.462 e. The van der Waals surface area contributed by atoms with Crippen molar-refractivity contribution < 1.29 is 14.3 Å². The van der Waals surface area contributed by atoms with Gasteiger partial charge in [-0.05, 0) is 38.6 Å². The van der Waals surface area contributed by atoms with E-state index in [1.807, 2.05) is 0 Å². The molecule has 0 amide bonds. The van der Waals surface area contributed by atoms with Crippen LogP contribution < -0.4 is 5.32 Å². The number of esters is 1. The maximum absolute atomic E-state index is 11.7. The summed E-state index contributed by atoms with van der Waals surface area (Å²) in [6.07, 6.45) is 6.65. The van der Waals surface area contributed by atoms with Crippen LogP contribution in [-0.4, -0.2) is 37.9 Å². The van der Waals surface area contributed by atoms with Gasteiger partial charge in [0.1, 0.15) is 12.6 Å². The zero-order chi connectivity index (χ0) is 11.2. The summed E-state index contributed by atoms with van der Waals surface area (Å²) in [6, 6.07) is -0.0858. The molecule has 2 heterocycles. The van der Waals surface area contributed by atoms with E-state index in [-0.39, 0.29) is 18.1 Å². The molecule has 2 atom stereocenters. The Kier molecular flexibility index (Phi) is 4.60. The Hall–Kier alpha value is -0.610. The highest BCUT2D eigenvalue weighted by Gasteiger charge is 2.23. The quantitative estimate of drug-likeness (QED) is 0.737. The first kappa shape index (κ1) is 11.9. The Morgan fingerprint density at radius 1 is 1.25 bits per heavy atom. The molecular formula is C12H21NO3. The Labute approximate surface area is 96.7 Å². The monoisotopic (exact) mass is 227 g/mol. The van der Waals surface area contributed by atoms with E-state index in [1.54, 1.807) is 0 Å². The molecule has 0 spiro atoms. The molecular weight excluding hydrogens is 206 g/mol. The molecule has 2 fully saturated rings. The second kappa shape index (κ2) is 6.21. The first-order valence-corrected chi connectivity index (χ1v) is 6.38. The molecule has 92 valence electrons. The minimum absolute atomic E-state index is 0.0858. The number of rotatable bonds is 3. The molecule has 0 saturated carbocycles. The first-order valence-electron chi connectivity index (χ1n) is 6.38. The highest BCUT2D eigenvalue weighted by Crippen LogP contribution is 2.14. The molecule has 0 aliphatic carbocycles. The fourth-order valence-corrected chi connectivity index (χ4v) is 2.27. The molecule has 4 heteroatoms. The molecule has 16 heavy (non-hydrogen) atoms. The number of ether oxygens (including phenoxy) is 2. The average Bonchev–Trinajstić information content (AvgIpc) is 2.38. The number of hydrogen-bond donors (Lipinski definition) is 1. The fraction of sp³-hybridized carbons (Fsp3) is 0.917. The molecule has 2 unspecified atom stereocenters. The number of hydrogen-bond acceptors (Lipinski definition) is 4. The van der Waals surface area contributed by atoms with E-state index in [2.05, 4.69) is 5.32 Å². The van der Waals surface area contributed by atoms with Crippen molar-refractivity contribution >= 4 is 5.97 Å². The third-order valence-corrected chi connectivity index (χ3v) is 3.28. The second-order valence-corrected chi connectivity index (χ2v) is 4.62. The summed E-state index contributed by atoms with van der Waals surface area (Å²) in [5.74, 6) is -0.103. The van der Waals surface area contributed by atoms with E-state index in [0.717, 1.165) is 45.3 Å². The van der Waals surface area contributed by atoms with E-state index in [0.29, 0.717) is 6.61 Å². The molecule has 0 bridgehead atoms. The van der Waals surface area contributed by atoms with Crippen LogP contribution >= 0.6 is 0 Å². The lowest BCUT2D eigenvalue weighted by Gasteiger charge is -2.25. The smallest absolute Gasteiger partial charge is 0.323 e. The van der Waals surface area contributed by atoms with Crippen LogP contribution in [0.2, 0.25) is 0 Å². The molecule has 0 radical (unpaired) electrons. The topological polar surface area (TPSA) is 47.6 Å². The second-order valence-electron chi connectivity index (χ2n) is 4.62. The van der Waals surface area contributed by atoms with E-state index in [9.17, 15) is 4.79 Å². The third-order valence-electron chi connectivity index (χ3n) is 3.28. The van der Waals surface area contributed by atoms with Gasteiger partial charge in [-0.25, -0.2) is 0 Å². The molecule has 2 aliphatic heterocycles. The van der Waals surface area contributed by atoms with Crippen molar-refractivity contribution in [3.05, 3.63) is 0 Å². The maximum Gasteiger partial charge on any atom is 0.323 e. The highest BCUT2D eigenvalue weighted by molar-refractivity contribution is 5.75. The van der Waals surface area contributed by atoms with Crippen molar-refractivity contribution in [1.29, 1.82) is 0 Å². The van der Waals surface area contributed by atoms with Gasteiger partial charge < -0.3 is 14.8 Å². The normalized spacial score (nSPS) is 31.0. The van der Waals surface area contributed by atoms with Crippen LogP contribution in [0.15, 0.2) is 0 Å². The van der Waals surface area contributed by atoms with Crippen molar-refractivity contribution in [2.75, 3.05) is 19.8 Å². The standard InChI is InChI=1S/C12H21NO3/c14-12(11-6-1-3-7-13-11)16-9-10-5-2-4-8-15-10/h10-11,13H,1-9H2. The van der Waals surface area contributed by atoms with Gasteiger partial charge >= 0.3 is 5.97 Å². The van der Waals surface area contributed by atoms with Crippen molar-refractivity contribution in [3.8, 4) is 0 Å². The van der Waals surface area contributed by atoms with Crippen molar-refractivity contribution in [3.63, 3.8) is 0 Å². The number of piperidine rings is 1. The van der Waals surface area contributed by atoms with Crippen LogP contribution in [-0.2, 0) is 14.3 Å². The van der Waals surface area contributed by atoms with Gasteiger partial charge in [0.25, 0.3) is 0 Å². The van der Waals surface area contributed by atoms with Crippen LogP contribution in [0.3, 0.4) is 0 Å². The number of carbonyl (C=O) groups is 1. The molecule has 0 aromatic carbocycles. The molecule has 2 aliphatic rings. The van der Waals surface area contributed by atoms with E-state index in [1.165, 1.54) is 6.42 Å². The molecule has 2 saturated heterocycles. The summed E-state index contributed by atoms with van der Waals surface area (Å²) in [7, 11) is 0. The van der Waals surface area contributed by atoms with Crippen molar-refractivity contribution in [2.24, 2.45) is 0 Å². The Bertz CT molecular complexity index is 220. The third kappa shape index (κ3) is 3.46. The summed E-state index contributed by atoms with van der Waals surface area (Å²) in [5, 5.41) is 3.19. The first-order chi connectivity index (χ1) is 7.86. The van der Waals surface area contributed by atoms with Crippen LogP contribution in [0.4, 0.5) is 0 Å². The Morgan fingerprint density at radius 2 is 2.12 bits per heavy atom. The zero-order valence-electron chi connectivity index (χ0n) is 9.74. The van der Waals surface area contributed by atoms with Gasteiger partial charge in [0.2, 0.25) is 0 Å². The summed E-state index contributed by atoms with van der Waals surface area (Å²) < 4.78 is 10.8. The molecule has 4 nitrogen and oxygen atoms in total. The molecule has 0 aromatic heterocycles. The van der Waals surface area contributed by atoms with Crippen molar-refractivity contribution in [1.82, 2.24) is 5.32 Å². The van der Waals surface area contributed by atoms with Gasteiger partial charge in [-0.3, -0.25) is 4.79 Å². The van der Waals surface area contributed by atoms with Gasteiger partial charge in [0.15, 0.2) is 0 Å². The minimum Gasteiger partial charge on any atom is -0.462 e. The summed E-state index contributed by atoms with van der Waals surface area (Å²) >= 11 is 0. The Balaban J connectivity index is 1.65. The van der Waals surface area contributed by atoms with Crippen LogP contribution in [0.1, 0.15) is 38.5 Å². The molecule has 2 rings (SSSR count).